The zero-order valence-electron chi connectivity index (χ0n) is 13.3. The number of carbonyl (C=O) groups excluding carboxylic acids is 1. The third kappa shape index (κ3) is 4.00. The van der Waals surface area contributed by atoms with Crippen molar-refractivity contribution in [3.8, 4) is 0 Å². The first kappa shape index (κ1) is 19.0. The van der Waals surface area contributed by atoms with Gasteiger partial charge in [0.15, 0.2) is 5.41 Å². The van der Waals surface area contributed by atoms with E-state index in [0.717, 1.165) is 6.08 Å². The highest BCUT2D eigenvalue weighted by Crippen LogP contribution is 2.53. The van der Waals surface area contributed by atoms with E-state index in [1.54, 1.807) is 27.7 Å². The number of hydrogen-bond acceptors (Lipinski definition) is 2. The van der Waals surface area contributed by atoms with Crippen LogP contribution in [-0.2, 0) is 9.53 Å². The number of alkyl halides is 3. The van der Waals surface area contributed by atoms with E-state index in [0.29, 0.717) is 5.57 Å². The normalized spacial score (nSPS) is 15.8. The van der Waals surface area contributed by atoms with E-state index < -0.39 is 23.0 Å². The quantitative estimate of drug-likeness (QED) is 0.552. The second-order valence-electron chi connectivity index (χ2n) is 6.77. The minimum absolute atomic E-state index is 0.0171. The average Bonchev–Trinajstić information content (AvgIpc) is 2.18. The molecule has 0 radical (unpaired) electrons. The fourth-order valence-corrected chi connectivity index (χ4v) is 1.99. The van der Waals surface area contributed by atoms with Crippen molar-refractivity contribution in [2.24, 2.45) is 16.7 Å². The molecule has 5 heteroatoms. The number of allylic oxidation sites excluding steroid dienone is 1. The summed E-state index contributed by atoms with van der Waals surface area (Å²) in [5.41, 5.74) is -3.54. The van der Waals surface area contributed by atoms with E-state index in [9.17, 15) is 18.0 Å². The number of hydrogen-bond donors (Lipinski definition) is 0. The van der Waals surface area contributed by atoms with Gasteiger partial charge in [-0.1, -0.05) is 46.3 Å². The van der Waals surface area contributed by atoms with Gasteiger partial charge >= 0.3 is 12.1 Å². The van der Waals surface area contributed by atoms with Crippen LogP contribution in [0.1, 0.15) is 48.5 Å². The summed E-state index contributed by atoms with van der Waals surface area (Å²) < 4.78 is 45.9. The molecule has 0 spiro atoms. The van der Waals surface area contributed by atoms with Crippen LogP contribution in [0.15, 0.2) is 11.6 Å². The summed E-state index contributed by atoms with van der Waals surface area (Å²) in [5.74, 6) is -1.25. The van der Waals surface area contributed by atoms with Crippen LogP contribution in [0.2, 0.25) is 0 Å². The van der Waals surface area contributed by atoms with Gasteiger partial charge in [0, 0.05) is 0 Å². The van der Waals surface area contributed by atoms with Crippen LogP contribution >= 0.6 is 0 Å². The minimum Gasteiger partial charge on any atom is -0.464 e. The maximum absolute atomic E-state index is 13.7. The highest BCUT2D eigenvalue weighted by atomic mass is 19.4. The Hall–Kier alpha value is -1.00. The first-order chi connectivity index (χ1) is 8.75. The SMILES string of the molecule is CC(C)=CC(C(=O)OCC(C)C)(C(C)(C)C)C(F)(F)F. The smallest absolute Gasteiger partial charge is 0.408 e. The Balaban J connectivity index is 5.90. The summed E-state index contributed by atoms with van der Waals surface area (Å²) in [6.45, 7) is 10.8. The lowest BCUT2D eigenvalue weighted by Gasteiger charge is -2.41. The topological polar surface area (TPSA) is 26.3 Å². The standard InChI is InChI=1S/C15H25F3O2/c1-10(2)8-14(13(5,6)7,15(16,17)18)12(19)20-9-11(3)4/h8,11H,9H2,1-7H3. The van der Waals surface area contributed by atoms with Crippen LogP contribution in [0, 0.1) is 16.7 Å². The second kappa shape index (κ2) is 6.19. The Kier molecular flexibility index (Phi) is 5.88. The largest absolute Gasteiger partial charge is 0.464 e. The van der Waals surface area contributed by atoms with Crippen molar-refractivity contribution in [1.82, 2.24) is 0 Å². The highest BCUT2D eigenvalue weighted by molar-refractivity contribution is 5.81. The maximum atomic E-state index is 13.7. The van der Waals surface area contributed by atoms with E-state index in [1.807, 2.05) is 0 Å². The number of rotatable bonds is 4. The molecule has 0 aromatic heterocycles. The summed E-state index contributed by atoms with van der Waals surface area (Å²) in [6, 6.07) is 0. The number of halogens is 3. The molecule has 118 valence electrons. The van der Waals surface area contributed by atoms with Crippen LogP contribution in [0.4, 0.5) is 13.2 Å². The highest BCUT2D eigenvalue weighted by Gasteiger charge is 2.66. The Morgan fingerprint density at radius 3 is 1.85 bits per heavy atom. The van der Waals surface area contributed by atoms with Crippen LogP contribution in [0.3, 0.4) is 0 Å². The van der Waals surface area contributed by atoms with E-state index in [4.69, 9.17) is 4.74 Å². The fourth-order valence-electron chi connectivity index (χ4n) is 1.99. The van der Waals surface area contributed by atoms with Gasteiger partial charge in [-0.3, -0.25) is 4.79 Å². The summed E-state index contributed by atoms with van der Waals surface area (Å²) in [7, 11) is 0. The van der Waals surface area contributed by atoms with Crippen molar-refractivity contribution in [2.45, 2.75) is 54.6 Å². The van der Waals surface area contributed by atoms with E-state index >= 15 is 0 Å². The molecule has 0 aromatic rings. The van der Waals surface area contributed by atoms with Gasteiger partial charge in [-0.05, 0) is 25.2 Å². The van der Waals surface area contributed by atoms with Crippen molar-refractivity contribution < 1.29 is 22.7 Å². The third-order valence-electron chi connectivity index (χ3n) is 3.01. The molecule has 0 saturated carbocycles. The van der Waals surface area contributed by atoms with E-state index in [2.05, 4.69) is 0 Å². The molecule has 0 aromatic carbocycles. The van der Waals surface area contributed by atoms with Crippen molar-refractivity contribution in [3.05, 3.63) is 11.6 Å². The summed E-state index contributed by atoms with van der Waals surface area (Å²) >= 11 is 0. The van der Waals surface area contributed by atoms with E-state index in [1.165, 1.54) is 20.8 Å². The molecule has 0 bridgehead atoms. The average molecular weight is 294 g/mol. The zero-order valence-corrected chi connectivity index (χ0v) is 13.3. The molecule has 0 aliphatic rings. The summed E-state index contributed by atoms with van der Waals surface area (Å²) in [5, 5.41) is 0. The molecule has 1 atom stereocenters. The van der Waals surface area contributed by atoms with Crippen molar-refractivity contribution >= 4 is 5.97 Å². The van der Waals surface area contributed by atoms with Crippen LogP contribution in [-0.4, -0.2) is 18.8 Å². The third-order valence-corrected chi connectivity index (χ3v) is 3.01. The Bertz CT molecular complexity index is 356. The molecule has 0 aliphatic carbocycles. The van der Waals surface area contributed by atoms with Gasteiger partial charge in [0.25, 0.3) is 0 Å². The predicted octanol–water partition coefficient (Wildman–Crippen LogP) is 4.75. The van der Waals surface area contributed by atoms with Crippen LogP contribution < -0.4 is 0 Å². The van der Waals surface area contributed by atoms with Gasteiger partial charge in [0.1, 0.15) is 0 Å². The number of carbonyl (C=O) groups is 1. The summed E-state index contributed by atoms with van der Waals surface area (Å²) in [4.78, 5) is 12.2. The molecule has 20 heavy (non-hydrogen) atoms. The molecular weight excluding hydrogens is 269 g/mol. The molecule has 2 nitrogen and oxygen atoms in total. The maximum Gasteiger partial charge on any atom is 0.408 e. The summed E-state index contributed by atoms with van der Waals surface area (Å²) in [6.07, 6.45) is -3.73. The lowest BCUT2D eigenvalue weighted by Crippen LogP contribution is -2.53. The Morgan fingerprint density at radius 2 is 1.60 bits per heavy atom. The fraction of sp³-hybridized carbons (Fsp3) is 0.800. The minimum atomic E-state index is -4.71. The molecular formula is C15H25F3O2. The molecule has 0 saturated heterocycles. The first-order valence-electron chi connectivity index (χ1n) is 6.65. The Labute approximate surface area is 119 Å². The van der Waals surface area contributed by atoms with Crippen molar-refractivity contribution in [1.29, 1.82) is 0 Å². The molecule has 0 N–H and O–H groups in total. The predicted molar refractivity (Wildman–Crippen MR) is 73.2 cm³/mol. The van der Waals surface area contributed by atoms with Crippen molar-refractivity contribution in [3.63, 3.8) is 0 Å². The van der Waals surface area contributed by atoms with Crippen LogP contribution in [0.5, 0.6) is 0 Å². The monoisotopic (exact) mass is 294 g/mol. The zero-order chi connectivity index (χ0) is 16.4. The lowest BCUT2D eigenvalue weighted by atomic mass is 9.65. The van der Waals surface area contributed by atoms with Gasteiger partial charge in [0.2, 0.25) is 0 Å². The number of esters is 1. The molecule has 1 unspecified atom stereocenters. The molecule has 0 heterocycles. The van der Waals surface area contributed by atoms with Gasteiger partial charge in [-0.25, -0.2) is 0 Å². The second-order valence-corrected chi connectivity index (χ2v) is 6.77. The molecule has 0 aliphatic heterocycles. The number of ether oxygens (including phenoxy) is 1. The van der Waals surface area contributed by atoms with Crippen LogP contribution in [0.25, 0.3) is 0 Å². The lowest BCUT2D eigenvalue weighted by molar-refractivity contribution is -0.245. The molecule has 0 rings (SSSR count). The van der Waals surface area contributed by atoms with Crippen molar-refractivity contribution in [2.75, 3.05) is 6.61 Å². The molecule has 0 fully saturated rings. The van der Waals surface area contributed by atoms with Gasteiger partial charge in [0.05, 0.1) is 6.61 Å². The van der Waals surface area contributed by atoms with Gasteiger partial charge in [-0.2, -0.15) is 13.2 Å². The first-order valence-corrected chi connectivity index (χ1v) is 6.65. The van der Waals surface area contributed by atoms with E-state index in [-0.39, 0.29) is 12.5 Å². The van der Waals surface area contributed by atoms with Gasteiger partial charge in [-0.15, -0.1) is 0 Å². The molecule has 0 amide bonds. The Morgan fingerprint density at radius 1 is 1.15 bits per heavy atom. The van der Waals surface area contributed by atoms with Gasteiger partial charge < -0.3 is 4.74 Å².